The van der Waals surface area contributed by atoms with E-state index in [9.17, 15) is 4.79 Å². The Morgan fingerprint density at radius 2 is 2.14 bits per heavy atom. The van der Waals surface area contributed by atoms with Gasteiger partial charge in [-0.15, -0.1) is 11.3 Å². The first kappa shape index (κ1) is 15.5. The first-order valence-electron chi connectivity index (χ1n) is 6.99. The smallest absolute Gasteiger partial charge is 0.311 e. The molecule has 1 aromatic heterocycles. The van der Waals surface area contributed by atoms with Gasteiger partial charge in [-0.25, -0.2) is 4.98 Å². The number of carbonyl (C=O) groups is 1. The number of esters is 1. The van der Waals surface area contributed by atoms with Gasteiger partial charge in [0.25, 0.3) is 0 Å². The molecular weight excluding hydrogens is 284 g/mol. The maximum Gasteiger partial charge on any atom is 0.311 e. The fourth-order valence-electron chi connectivity index (χ4n) is 2.03. The van der Waals surface area contributed by atoms with Gasteiger partial charge in [0, 0.05) is 11.9 Å². The highest BCUT2D eigenvalue weighted by molar-refractivity contribution is 7.13. The number of nitrogens with zero attached hydrogens (tertiary/aromatic N) is 1. The molecule has 0 aliphatic heterocycles. The van der Waals surface area contributed by atoms with E-state index in [4.69, 9.17) is 0 Å². The van der Waals surface area contributed by atoms with Gasteiger partial charge in [0.15, 0.2) is 5.13 Å². The summed E-state index contributed by atoms with van der Waals surface area (Å²) in [6, 6.07) is 10.5. The molecule has 0 saturated carbocycles. The number of rotatable bonds is 7. The molecule has 1 unspecified atom stereocenters. The summed E-state index contributed by atoms with van der Waals surface area (Å²) in [6.07, 6.45) is 1.27. The van der Waals surface area contributed by atoms with E-state index in [-0.39, 0.29) is 12.4 Å². The molecule has 21 heavy (non-hydrogen) atoms. The minimum absolute atomic E-state index is 0.231. The minimum atomic E-state index is -0.260. The minimum Gasteiger partial charge on any atom is -0.469 e. The number of ether oxygens (including phenoxy) is 1. The van der Waals surface area contributed by atoms with Crippen molar-refractivity contribution < 1.29 is 9.53 Å². The first-order chi connectivity index (χ1) is 10.2. The topological polar surface area (TPSA) is 51.2 Å². The third-order valence-corrected chi connectivity index (χ3v) is 4.18. The van der Waals surface area contributed by atoms with E-state index in [1.165, 1.54) is 24.0 Å². The van der Waals surface area contributed by atoms with E-state index < -0.39 is 0 Å². The van der Waals surface area contributed by atoms with E-state index in [0.29, 0.717) is 5.92 Å². The van der Waals surface area contributed by atoms with Gasteiger partial charge in [-0.3, -0.25) is 4.79 Å². The van der Waals surface area contributed by atoms with Gasteiger partial charge in [-0.1, -0.05) is 37.3 Å². The Kier molecular flexibility index (Phi) is 5.75. The summed E-state index contributed by atoms with van der Waals surface area (Å²) in [5, 5.41) is 6.06. The van der Waals surface area contributed by atoms with Gasteiger partial charge in [-0.2, -0.15) is 0 Å². The lowest BCUT2D eigenvalue weighted by Gasteiger charge is -2.11. The van der Waals surface area contributed by atoms with Crippen LogP contribution in [0.25, 0.3) is 0 Å². The Balaban J connectivity index is 1.77. The van der Waals surface area contributed by atoms with Crippen LogP contribution in [0.1, 0.15) is 30.5 Å². The predicted molar refractivity (Wildman–Crippen MR) is 85.8 cm³/mol. The highest BCUT2D eigenvalue weighted by Gasteiger charge is 2.08. The maximum absolute atomic E-state index is 11.2. The molecule has 1 N–H and O–H groups in total. The van der Waals surface area contributed by atoms with E-state index in [0.717, 1.165) is 23.8 Å². The van der Waals surface area contributed by atoms with Gasteiger partial charge in [0.1, 0.15) is 0 Å². The van der Waals surface area contributed by atoms with Crippen molar-refractivity contribution in [3.8, 4) is 0 Å². The van der Waals surface area contributed by atoms with E-state index in [2.05, 4.69) is 46.2 Å². The summed E-state index contributed by atoms with van der Waals surface area (Å²) >= 11 is 1.52. The molecule has 0 fully saturated rings. The zero-order chi connectivity index (χ0) is 15.1. The van der Waals surface area contributed by atoms with Crippen molar-refractivity contribution in [2.75, 3.05) is 19.0 Å². The molecule has 0 saturated heterocycles. The molecule has 0 radical (unpaired) electrons. The highest BCUT2D eigenvalue weighted by atomic mass is 32.1. The molecule has 1 heterocycles. The quantitative estimate of drug-likeness (QED) is 0.796. The summed E-state index contributed by atoms with van der Waals surface area (Å²) in [5.41, 5.74) is 2.11. The van der Waals surface area contributed by atoms with Crippen LogP contribution in [0.4, 0.5) is 5.13 Å². The summed E-state index contributed by atoms with van der Waals surface area (Å²) in [4.78, 5) is 15.5. The Labute approximate surface area is 129 Å². The molecule has 1 aromatic carbocycles. The highest BCUT2D eigenvalue weighted by Crippen LogP contribution is 2.20. The molecule has 112 valence electrons. The largest absolute Gasteiger partial charge is 0.469 e. The number of hydrogen-bond donors (Lipinski definition) is 1. The normalized spacial score (nSPS) is 11.9. The van der Waals surface area contributed by atoms with Crippen molar-refractivity contribution in [1.29, 1.82) is 0 Å². The zero-order valence-corrected chi connectivity index (χ0v) is 13.2. The number of carbonyl (C=O) groups excluding carboxylic acids is 1. The molecule has 5 heteroatoms. The molecule has 2 rings (SSSR count). The van der Waals surface area contributed by atoms with Gasteiger partial charge >= 0.3 is 5.97 Å². The molecule has 0 amide bonds. The van der Waals surface area contributed by atoms with E-state index >= 15 is 0 Å². The summed E-state index contributed by atoms with van der Waals surface area (Å²) in [7, 11) is 1.39. The monoisotopic (exact) mass is 304 g/mol. The first-order valence-corrected chi connectivity index (χ1v) is 7.87. The SMILES string of the molecule is COC(=O)Cc1csc(NCCC(C)c2ccccc2)n1. The van der Waals surface area contributed by atoms with E-state index in [1.807, 2.05) is 11.4 Å². The fourth-order valence-corrected chi connectivity index (χ4v) is 2.77. The van der Waals surface area contributed by atoms with Crippen molar-refractivity contribution >= 4 is 22.4 Å². The molecule has 0 aliphatic rings. The Morgan fingerprint density at radius 1 is 1.38 bits per heavy atom. The summed E-state index contributed by atoms with van der Waals surface area (Å²) < 4.78 is 4.63. The number of benzene rings is 1. The van der Waals surface area contributed by atoms with Crippen LogP contribution in [0.5, 0.6) is 0 Å². The average Bonchev–Trinajstić information content (AvgIpc) is 2.95. The number of methoxy groups -OCH3 is 1. The summed E-state index contributed by atoms with van der Waals surface area (Å²) in [6.45, 7) is 3.09. The molecule has 1 atom stereocenters. The third kappa shape index (κ3) is 4.86. The molecular formula is C16H20N2O2S. The van der Waals surface area contributed by atoms with Gasteiger partial charge in [0.05, 0.1) is 19.2 Å². The molecule has 4 nitrogen and oxygen atoms in total. The lowest BCUT2D eigenvalue weighted by Crippen LogP contribution is -2.07. The second kappa shape index (κ2) is 7.78. The van der Waals surface area contributed by atoms with Crippen molar-refractivity contribution in [3.63, 3.8) is 0 Å². The van der Waals surface area contributed by atoms with Crippen LogP contribution in [-0.2, 0) is 16.0 Å². The van der Waals surface area contributed by atoms with Gasteiger partial charge < -0.3 is 10.1 Å². The molecule has 0 bridgehead atoms. The third-order valence-electron chi connectivity index (χ3n) is 3.33. The van der Waals surface area contributed by atoms with Crippen LogP contribution in [-0.4, -0.2) is 24.6 Å². The van der Waals surface area contributed by atoms with Crippen molar-refractivity contribution in [3.05, 3.63) is 47.0 Å². The van der Waals surface area contributed by atoms with Crippen LogP contribution >= 0.6 is 11.3 Å². The second-order valence-corrected chi connectivity index (χ2v) is 5.78. The standard InChI is InChI=1S/C16H20N2O2S/c1-12(13-6-4-3-5-7-13)8-9-17-16-18-14(11-21-16)10-15(19)20-2/h3-7,11-12H,8-10H2,1-2H3,(H,17,18). The number of nitrogens with one attached hydrogen (secondary N) is 1. The molecule has 0 spiro atoms. The zero-order valence-electron chi connectivity index (χ0n) is 12.3. The summed E-state index contributed by atoms with van der Waals surface area (Å²) in [5.74, 6) is 0.248. The van der Waals surface area contributed by atoms with Crippen LogP contribution in [0, 0.1) is 0 Å². The second-order valence-electron chi connectivity index (χ2n) is 4.92. The Bertz CT molecular complexity index is 569. The van der Waals surface area contributed by atoms with Crippen LogP contribution in [0.15, 0.2) is 35.7 Å². The average molecular weight is 304 g/mol. The Morgan fingerprint density at radius 3 is 2.86 bits per heavy atom. The Hall–Kier alpha value is -1.88. The molecule has 0 aliphatic carbocycles. The fraction of sp³-hybridized carbons (Fsp3) is 0.375. The lowest BCUT2D eigenvalue weighted by atomic mass is 9.98. The number of hydrogen-bond acceptors (Lipinski definition) is 5. The number of thiazole rings is 1. The van der Waals surface area contributed by atoms with Crippen LogP contribution in [0.2, 0.25) is 0 Å². The van der Waals surface area contributed by atoms with Crippen molar-refractivity contribution in [1.82, 2.24) is 4.98 Å². The maximum atomic E-state index is 11.2. The number of anilines is 1. The van der Waals surface area contributed by atoms with Gasteiger partial charge in [0.2, 0.25) is 0 Å². The predicted octanol–water partition coefficient (Wildman–Crippen LogP) is 3.46. The van der Waals surface area contributed by atoms with Crippen LogP contribution < -0.4 is 5.32 Å². The number of aromatic nitrogens is 1. The lowest BCUT2D eigenvalue weighted by molar-refractivity contribution is -0.139. The molecule has 2 aromatic rings. The van der Waals surface area contributed by atoms with Gasteiger partial charge in [-0.05, 0) is 17.9 Å². The van der Waals surface area contributed by atoms with Crippen LogP contribution in [0.3, 0.4) is 0 Å². The van der Waals surface area contributed by atoms with Crippen molar-refractivity contribution in [2.45, 2.75) is 25.7 Å². The van der Waals surface area contributed by atoms with E-state index in [1.54, 1.807) is 0 Å². The van der Waals surface area contributed by atoms with Crippen molar-refractivity contribution in [2.24, 2.45) is 0 Å².